The molecule has 23 heavy (non-hydrogen) atoms. The third-order valence-electron chi connectivity index (χ3n) is 4.86. The van der Waals surface area contributed by atoms with E-state index in [0.717, 1.165) is 25.3 Å². The maximum Gasteiger partial charge on any atom is 0.225 e. The minimum Gasteiger partial charge on any atom is -0.327 e. The molecular weight excluding hydrogens is 300 g/mol. The zero-order valence-electron chi connectivity index (χ0n) is 12.7. The molecule has 1 aromatic rings. The second-order valence-electron chi connectivity index (χ2n) is 6.55. The molecule has 1 heterocycles. The van der Waals surface area contributed by atoms with Crippen LogP contribution in [0.2, 0.25) is 0 Å². The third kappa shape index (κ3) is 3.20. The predicted octanol–water partition coefficient (Wildman–Crippen LogP) is 2.13. The predicted molar refractivity (Wildman–Crippen MR) is 80.0 cm³/mol. The Morgan fingerprint density at radius 1 is 1.35 bits per heavy atom. The van der Waals surface area contributed by atoms with Crippen molar-refractivity contribution < 1.29 is 13.6 Å². The van der Waals surface area contributed by atoms with Crippen LogP contribution in [0.3, 0.4) is 0 Å². The van der Waals surface area contributed by atoms with Crippen molar-refractivity contribution in [3.05, 3.63) is 35.4 Å². The van der Waals surface area contributed by atoms with E-state index in [1.807, 2.05) is 0 Å². The number of likely N-dealkylation sites (tertiary alicyclic amines) is 1. The van der Waals surface area contributed by atoms with Gasteiger partial charge in [0.2, 0.25) is 5.91 Å². The molecule has 1 saturated heterocycles. The fourth-order valence-corrected chi connectivity index (χ4v) is 3.95. The van der Waals surface area contributed by atoms with Crippen LogP contribution in [-0.4, -0.2) is 28.9 Å². The SMILES string of the molecule is N#CC1C2CCC(C2)N1C(=O)C[C@H](N)Cc1cc(F)cc(F)c1. The molecular formula is C17H19F2N3O. The highest BCUT2D eigenvalue weighted by Crippen LogP contribution is 2.42. The first-order valence-corrected chi connectivity index (χ1v) is 7.89. The number of piperidine rings is 1. The van der Waals surface area contributed by atoms with Gasteiger partial charge >= 0.3 is 0 Å². The van der Waals surface area contributed by atoms with Crippen molar-refractivity contribution in [1.29, 1.82) is 5.26 Å². The summed E-state index contributed by atoms with van der Waals surface area (Å²) in [5.74, 6) is -1.16. The molecule has 2 bridgehead atoms. The highest BCUT2D eigenvalue weighted by molar-refractivity contribution is 5.78. The van der Waals surface area contributed by atoms with Crippen molar-refractivity contribution in [2.45, 2.75) is 50.2 Å². The van der Waals surface area contributed by atoms with E-state index in [1.165, 1.54) is 12.1 Å². The van der Waals surface area contributed by atoms with Crippen molar-refractivity contribution in [2.75, 3.05) is 0 Å². The Kier molecular flexibility index (Phi) is 4.31. The highest BCUT2D eigenvalue weighted by atomic mass is 19.1. The normalized spacial score (nSPS) is 27.0. The molecule has 0 spiro atoms. The first-order chi connectivity index (χ1) is 11.0. The van der Waals surface area contributed by atoms with E-state index in [9.17, 15) is 18.8 Å². The van der Waals surface area contributed by atoms with E-state index in [4.69, 9.17) is 5.73 Å². The van der Waals surface area contributed by atoms with Gasteiger partial charge in [0.15, 0.2) is 0 Å². The molecule has 1 aliphatic heterocycles. The Hall–Kier alpha value is -2.00. The van der Waals surface area contributed by atoms with Crippen LogP contribution in [0.4, 0.5) is 8.78 Å². The molecule has 1 aromatic carbocycles. The van der Waals surface area contributed by atoms with E-state index in [1.54, 1.807) is 4.90 Å². The van der Waals surface area contributed by atoms with Crippen LogP contribution in [0.25, 0.3) is 0 Å². The van der Waals surface area contributed by atoms with Crippen molar-refractivity contribution in [3.8, 4) is 6.07 Å². The molecule has 122 valence electrons. The van der Waals surface area contributed by atoms with Gasteiger partial charge in [-0.05, 0) is 49.3 Å². The largest absolute Gasteiger partial charge is 0.327 e. The fraction of sp³-hybridized carbons (Fsp3) is 0.529. The molecule has 6 heteroatoms. The number of hydrogen-bond donors (Lipinski definition) is 1. The van der Waals surface area contributed by atoms with Crippen molar-refractivity contribution in [3.63, 3.8) is 0 Å². The number of amides is 1. The van der Waals surface area contributed by atoms with Gasteiger partial charge in [0, 0.05) is 24.6 Å². The molecule has 1 aliphatic carbocycles. The number of benzene rings is 1. The van der Waals surface area contributed by atoms with Gasteiger partial charge in [-0.2, -0.15) is 5.26 Å². The van der Waals surface area contributed by atoms with E-state index < -0.39 is 17.7 Å². The topological polar surface area (TPSA) is 70.1 Å². The summed E-state index contributed by atoms with van der Waals surface area (Å²) in [7, 11) is 0. The van der Waals surface area contributed by atoms with Crippen LogP contribution in [0, 0.1) is 28.9 Å². The molecule has 4 nitrogen and oxygen atoms in total. The number of nitrogens with zero attached hydrogens (tertiary/aromatic N) is 2. The quantitative estimate of drug-likeness (QED) is 0.924. The molecule has 3 unspecified atom stereocenters. The van der Waals surface area contributed by atoms with Crippen LogP contribution >= 0.6 is 0 Å². The van der Waals surface area contributed by atoms with Crippen molar-refractivity contribution >= 4 is 5.91 Å². The fourth-order valence-electron chi connectivity index (χ4n) is 3.95. The van der Waals surface area contributed by atoms with Gasteiger partial charge in [-0.3, -0.25) is 4.79 Å². The van der Waals surface area contributed by atoms with Crippen molar-refractivity contribution in [1.82, 2.24) is 4.90 Å². The molecule has 3 rings (SSSR count). The summed E-state index contributed by atoms with van der Waals surface area (Å²) in [6, 6.07) is 4.76. The summed E-state index contributed by atoms with van der Waals surface area (Å²) in [5, 5.41) is 9.28. The van der Waals surface area contributed by atoms with Gasteiger partial charge in [-0.1, -0.05) is 0 Å². The second kappa shape index (κ2) is 6.25. The van der Waals surface area contributed by atoms with Gasteiger partial charge in [0.05, 0.1) is 6.07 Å². The van der Waals surface area contributed by atoms with Gasteiger partial charge < -0.3 is 10.6 Å². The lowest BCUT2D eigenvalue weighted by molar-refractivity contribution is -0.134. The van der Waals surface area contributed by atoms with Crippen LogP contribution in [0.5, 0.6) is 0 Å². The van der Waals surface area contributed by atoms with Crippen molar-refractivity contribution in [2.24, 2.45) is 11.7 Å². The maximum atomic E-state index is 13.2. The number of rotatable bonds is 4. The number of nitrogens with two attached hydrogens (primary N) is 1. The minimum absolute atomic E-state index is 0.0829. The second-order valence-corrected chi connectivity index (χ2v) is 6.55. The summed E-state index contributed by atoms with van der Waals surface area (Å²) < 4.78 is 26.4. The van der Waals surface area contributed by atoms with Crippen LogP contribution in [-0.2, 0) is 11.2 Å². The zero-order chi connectivity index (χ0) is 16.6. The summed E-state index contributed by atoms with van der Waals surface area (Å²) in [6.07, 6.45) is 3.15. The van der Waals surface area contributed by atoms with Gasteiger partial charge in [0.25, 0.3) is 0 Å². The maximum absolute atomic E-state index is 13.2. The smallest absolute Gasteiger partial charge is 0.225 e. The first kappa shape index (κ1) is 15.9. The standard InChI is InChI=1S/C17H19F2N3O/c18-12-3-10(4-13(19)7-12)5-14(21)8-17(23)22-15-2-1-11(6-15)16(22)9-20/h3-4,7,11,14-16H,1-2,5-6,8,21H2/t11?,14-,15?,16?/m1/s1. The summed E-state index contributed by atoms with van der Waals surface area (Å²) in [5.41, 5.74) is 6.42. The van der Waals surface area contributed by atoms with Gasteiger partial charge in [0.1, 0.15) is 17.7 Å². The molecule has 4 atom stereocenters. The Morgan fingerprint density at radius 2 is 2.04 bits per heavy atom. The minimum atomic E-state index is -0.653. The molecule has 2 N–H and O–H groups in total. The van der Waals surface area contributed by atoms with E-state index in [2.05, 4.69) is 6.07 Å². The first-order valence-electron chi connectivity index (χ1n) is 7.89. The zero-order valence-corrected chi connectivity index (χ0v) is 12.7. The lowest BCUT2D eigenvalue weighted by Crippen LogP contribution is -2.46. The Balaban J connectivity index is 1.62. The number of carbonyl (C=O) groups is 1. The molecule has 1 saturated carbocycles. The van der Waals surface area contributed by atoms with Gasteiger partial charge in [-0.25, -0.2) is 8.78 Å². The average Bonchev–Trinajstić information content (AvgIpc) is 3.05. The lowest BCUT2D eigenvalue weighted by Gasteiger charge is -2.32. The van der Waals surface area contributed by atoms with Crippen LogP contribution < -0.4 is 5.73 Å². The number of carbonyl (C=O) groups excluding carboxylic acids is 1. The lowest BCUT2D eigenvalue weighted by atomic mass is 9.98. The molecule has 2 fully saturated rings. The van der Waals surface area contributed by atoms with E-state index in [0.29, 0.717) is 5.56 Å². The Labute approximate surface area is 133 Å². The number of fused-ring (bicyclic) bond motifs is 2. The highest BCUT2D eigenvalue weighted by Gasteiger charge is 2.48. The summed E-state index contributed by atoms with van der Waals surface area (Å²) in [4.78, 5) is 14.2. The summed E-state index contributed by atoms with van der Waals surface area (Å²) >= 11 is 0. The van der Waals surface area contributed by atoms with Gasteiger partial charge in [-0.15, -0.1) is 0 Å². The van der Waals surface area contributed by atoms with E-state index >= 15 is 0 Å². The number of nitriles is 1. The number of halogens is 2. The molecule has 0 radical (unpaired) electrons. The average molecular weight is 319 g/mol. The van der Waals surface area contributed by atoms with Crippen LogP contribution in [0.1, 0.15) is 31.2 Å². The molecule has 1 amide bonds. The third-order valence-corrected chi connectivity index (χ3v) is 4.86. The monoisotopic (exact) mass is 319 g/mol. The van der Waals surface area contributed by atoms with E-state index in [-0.39, 0.29) is 36.8 Å². The summed E-state index contributed by atoms with van der Waals surface area (Å²) in [6.45, 7) is 0. The Morgan fingerprint density at radius 3 is 2.70 bits per heavy atom. The number of hydrogen-bond acceptors (Lipinski definition) is 3. The molecule has 2 aliphatic rings. The molecule has 0 aromatic heterocycles. The Bertz CT molecular complexity index is 637. The van der Waals surface area contributed by atoms with Crippen LogP contribution in [0.15, 0.2) is 18.2 Å².